The molecule has 0 fully saturated rings. The SMILES string of the molecule is C=CC(O)c1ccc(SC)cc1. The van der Waals surface area contributed by atoms with E-state index in [1.54, 1.807) is 11.8 Å². The highest BCUT2D eigenvalue weighted by atomic mass is 32.2. The Morgan fingerprint density at radius 3 is 2.42 bits per heavy atom. The fourth-order valence-electron chi connectivity index (χ4n) is 0.937. The molecule has 1 atom stereocenters. The van der Waals surface area contributed by atoms with Gasteiger partial charge in [-0.1, -0.05) is 18.2 Å². The molecule has 1 aromatic carbocycles. The summed E-state index contributed by atoms with van der Waals surface area (Å²) in [6, 6.07) is 7.82. The topological polar surface area (TPSA) is 20.2 Å². The van der Waals surface area contributed by atoms with E-state index in [1.807, 2.05) is 30.5 Å². The van der Waals surface area contributed by atoms with Gasteiger partial charge in [-0.05, 0) is 24.0 Å². The second kappa shape index (κ2) is 4.33. The smallest absolute Gasteiger partial charge is 0.0969 e. The van der Waals surface area contributed by atoms with Crippen LogP contribution in [0.4, 0.5) is 0 Å². The summed E-state index contributed by atoms with van der Waals surface area (Å²) in [6.45, 7) is 3.52. The van der Waals surface area contributed by atoms with Crippen molar-refractivity contribution in [2.45, 2.75) is 11.0 Å². The van der Waals surface area contributed by atoms with Crippen LogP contribution in [0, 0.1) is 0 Å². The van der Waals surface area contributed by atoms with Gasteiger partial charge < -0.3 is 5.11 Å². The van der Waals surface area contributed by atoms with Gasteiger partial charge in [-0.25, -0.2) is 0 Å². The van der Waals surface area contributed by atoms with Crippen molar-refractivity contribution in [3.63, 3.8) is 0 Å². The van der Waals surface area contributed by atoms with Gasteiger partial charge in [0.05, 0.1) is 6.10 Å². The largest absolute Gasteiger partial charge is 0.384 e. The Hall–Kier alpha value is -0.730. The van der Waals surface area contributed by atoms with Crippen molar-refractivity contribution in [1.29, 1.82) is 0 Å². The Balaban J connectivity index is 2.84. The molecule has 1 aromatic rings. The molecule has 0 heterocycles. The molecular formula is C10H12OS. The fraction of sp³-hybridized carbons (Fsp3) is 0.200. The monoisotopic (exact) mass is 180 g/mol. The minimum atomic E-state index is -0.541. The van der Waals surface area contributed by atoms with Gasteiger partial charge in [0, 0.05) is 4.90 Å². The number of aliphatic hydroxyl groups is 1. The molecule has 2 heteroatoms. The molecule has 0 aliphatic carbocycles. The first-order valence-corrected chi connectivity index (χ1v) is 4.95. The van der Waals surface area contributed by atoms with Crippen molar-refractivity contribution >= 4 is 11.8 Å². The first kappa shape index (κ1) is 9.36. The molecule has 0 aromatic heterocycles. The van der Waals surface area contributed by atoms with Gasteiger partial charge >= 0.3 is 0 Å². The van der Waals surface area contributed by atoms with Crippen LogP contribution >= 0.6 is 11.8 Å². The van der Waals surface area contributed by atoms with Crippen LogP contribution in [0.3, 0.4) is 0 Å². The highest BCUT2D eigenvalue weighted by Crippen LogP contribution is 2.19. The Kier molecular flexibility index (Phi) is 3.38. The molecule has 0 amide bonds. The van der Waals surface area contributed by atoms with Gasteiger partial charge in [-0.15, -0.1) is 18.3 Å². The molecule has 0 aliphatic rings. The van der Waals surface area contributed by atoms with E-state index >= 15 is 0 Å². The quantitative estimate of drug-likeness (QED) is 0.570. The average Bonchev–Trinajstić information content (AvgIpc) is 2.17. The molecular weight excluding hydrogens is 168 g/mol. The van der Waals surface area contributed by atoms with E-state index < -0.39 is 6.10 Å². The van der Waals surface area contributed by atoms with E-state index in [0.717, 1.165) is 5.56 Å². The molecule has 0 radical (unpaired) electrons. The van der Waals surface area contributed by atoms with Crippen LogP contribution in [-0.4, -0.2) is 11.4 Å². The zero-order valence-corrected chi connectivity index (χ0v) is 7.84. The highest BCUT2D eigenvalue weighted by molar-refractivity contribution is 7.98. The van der Waals surface area contributed by atoms with Gasteiger partial charge in [0.25, 0.3) is 0 Å². The normalized spacial score (nSPS) is 12.5. The van der Waals surface area contributed by atoms with Crippen molar-refractivity contribution < 1.29 is 5.11 Å². The summed E-state index contributed by atoms with van der Waals surface area (Å²) in [5.74, 6) is 0. The van der Waals surface area contributed by atoms with Crippen molar-refractivity contribution in [3.05, 3.63) is 42.5 Å². The minimum Gasteiger partial charge on any atom is -0.384 e. The van der Waals surface area contributed by atoms with Crippen LogP contribution in [0.2, 0.25) is 0 Å². The number of aliphatic hydroxyl groups excluding tert-OH is 1. The summed E-state index contributed by atoms with van der Waals surface area (Å²) in [7, 11) is 0. The summed E-state index contributed by atoms with van der Waals surface area (Å²) in [4.78, 5) is 1.20. The summed E-state index contributed by atoms with van der Waals surface area (Å²) < 4.78 is 0. The number of hydrogen-bond donors (Lipinski definition) is 1. The van der Waals surface area contributed by atoms with E-state index in [4.69, 9.17) is 0 Å². The molecule has 0 saturated heterocycles. The second-order valence-corrected chi connectivity index (χ2v) is 3.33. The van der Waals surface area contributed by atoms with Gasteiger partial charge in [-0.2, -0.15) is 0 Å². The summed E-state index contributed by atoms with van der Waals surface area (Å²) in [6.07, 6.45) is 3.01. The van der Waals surface area contributed by atoms with Gasteiger partial charge in [-0.3, -0.25) is 0 Å². The van der Waals surface area contributed by atoms with E-state index in [2.05, 4.69) is 6.58 Å². The standard InChI is InChI=1S/C10H12OS/c1-3-10(11)8-4-6-9(12-2)7-5-8/h3-7,10-11H,1H2,2H3. The van der Waals surface area contributed by atoms with Crippen molar-refractivity contribution in [2.24, 2.45) is 0 Å². The lowest BCUT2D eigenvalue weighted by Gasteiger charge is -2.05. The predicted octanol–water partition coefficient (Wildman–Crippen LogP) is 2.63. The van der Waals surface area contributed by atoms with Crippen LogP contribution in [0.5, 0.6) is 0 Å². The molecule has 1 unspecified atom stereocenters. The third-order valence-electron chi connectivity index (χ3n) is 1.68. The van der Waals surface area contributed by atoms with Crippen LogP contribution in [0.1, 0.15) is 11.7 Å². The Labute approximate surface area is 77.1 Å². The predicted molar refractivity (Wildman–Crippen MR) is 53.4 cm³/mol. The van der Waals surface area contributed by atoms with Gasteiger partial charge in [0.15, 0.2) is 0 Å². The van der Waals surface area contributed by atoms with Crippen LogP contribution in [0.15, 0.2) is 41.8 Å². The van der Waals surface area contributed by atoms with Crippen LogP contribution in [-0.2, 0) is 0 Å². The lowest BCUT2D eigenvalue weighted by molar-refractivity contribution is 0.229. The van der Waals surface area contributed by atoms with E-state index in [0.29, 0.717) is 0 Å². The minimum absolute atomic E-state index is 0.541. The highest BCUT2D eigenvalue weighted by Gasteiger charge is 2.00. The van der Waals surface area contributed by atoms with Crippen molar-refractivity contribution in [1.82, 2.24) is 0 Å². The number of hydrogen-bond acceptors (Lipinski definition) is 2. The molecule has 1 N–H and O–H groups in total. The molecule has 0 spiro atoms. The van der Waals surface area contributed by atoms with E-state index in [-0.39, 0.29) is 0 Å². The first-order chi connectivity index (χ1) is 5.77. The third kappa shape index (κ3) is 2.13. The second-order valence-electron chi connectivity index (χ2n) is 2.45. The maximum atomic E-state index is 9.37. The lowest BCUT2D eigenvalue weighted by atomic mass is 10.1. The summed E-state index contributed by atoms with van der Waals surface area (Å²) in [5.41, 5.74) is 0.891. The molecule has 12 heavy (non-hydrogen) atoms. The fourth-order valence-corrected chi connectivity index (χ4v) is 1.35. The van der Waals surface area contributed by atoms with Crippen LogP contribution in [0.25, 0.3) is 0 Å². The molecule has 0 aliphatic heterocycles. The summed E-state index contributed by atoms with van der Waals surface area (Å²) >= 11 is 1.69. The molecule has 64 valence electrons. The maximum Gasteiger partial charge on any atom is 0.0969 e. The molecule has 1 rings (SSSR count). The molecule has 0 bridgehead atoms. The Morgan fingerprint density at radius 2 is 2.00 bits per heavy atom. The maximum absolute atomic E-state index is 9.37. The lowest BCUT2D eigenvalue weighted by Crippen LogP contribution is -1.91. The Bertz CT molecular complexity index is 253. The van der Waals surface area contributed by atoms with Crippen molar-refractivity contribution in [2.75, 3.05) is 6.26 Å². The van der Waals surface area contributed by atoms with Gasteiger partial charge in [0.1, 0.15) is 0 Å². The number of rotatable bonds is 3. The number of thioether (sulfide) groups is 1. The van der Waals surface area contributed by atoms with E-state index in [1.165, 1.54) is 11.0 Å². The third-order valence-corrected chi connectivity index (χ3v) is 2.42. The Morgan fingerprint density at radius 1 is 1.42 bits per heavy atom. The zero-order valence-electron chi connectivity index (χ0n) is 7.03. The van der Waals surface area contributed by atoms with E-state index in [9.17, 15) is 5.11 Å². The molecule has 1 nitrogen and oxygen atoms in total. The zero-order chi connectivity index (χ0) is 8.97. The summed E-state index contributed by atoms with van der Waals surface area (Å²) in [5, 5.41) is 9.37. The van der Waals surface area contributed by atoms with Crippen LogP contribution < -0.4 is 0 Å². The average molecular weight is 180 g/mol. The first-order valence-electron chi connectivity index (χ1n) is 3.72. The van der Waals surface area contributed by atoms with Gasteiger partial charge in [0.2, 0.25) is 0 Å². The molecule has 0 saturated carbocycles. The van der Waals surface area contributed by atoms with Crippen molar-refractivity contribution in [3.8, 4) is 0 Å². The number of benzene rings is 1.